The zero-order valence-corrected chi connectivity index (χ0v) is 19.4. The minimum atomic E-state index is 0.343. The number of likely N-dealkylation sites (tertiary alicyclic amines) is 2. The van der Waals surface area contributed by atoms with Crippen LogP contribution < -0.4 is 4.90 Å². The molecule has 0 aromatic heterocycles. The van der Waals surface area contributed by atoms with Crippen LogP contribution in [-0.4, -0.2) is 61.2 Å². The molecule has 1 aromatic rings. The van der Waals surface area contributed by atoms with Gasteiger partial charge in [0.05, 0.1) is 0 Å². The van der Waals surface area contributed by atoms with E-state index in [0.29, 0.717) is 11.0 Å². The number of anilines is 1. The van der Waals surface area contributed by atoms with Crippen LogP contribution in [0, 0.1) is 18.3 Å². The van der Waals surface area contributed by atoms with Gasteiger partial charge in [-0.1, -0.05) is 17.7 Å². The summed E-state index contributed by atoms with van der Waals surface area (Å²) >= 11 is 0. The molecule has 1 spiro atoms. The molecule has 1 aromatic carbocycles. The standard InChI is InChI=1S/C26H43N3/c1-22-5-7-24(8-6-22)28-19-13-26(14-20-28)11-17-27(18-12-26)21-23-9-15-29(16-10-23)25(2,3)4/h5-8,23H,9-21H2,1-4H3. The fourth-order valence-corrected chi connectivity index (χ4v) is 5.86. The van der Waals surface area contributed by atoms with Crippen LogP contribution in [0.4, 0.5) is 5.69 Å². The predicted molar refractivity (Wildman–Crippen MR) is 125 cm³/mol. The van der Waals surface area contributed by atoms with Gasteiger partial charge in [0.15, 0.2) is 0 Å². The van der Waals surface area contributed by atoms with E-state index in [1.54, 1.807) is 0 Å². The van der Waals surface area contributed by atoms with Crippen LogP contribution in [0.25, 0.3) is 0 Å². The first kappa shape index (κ1) is 21.2. The first-order chi connectivity index (χ1) is 13.8. The minimum absolute atomic E-state index is 0.343. The lowest BCUT2D eigenvalue weighted by atomic mass is 9.71. The summed E-state index contributed by atoms with van der Waals surface area (Å²) in [5.74, 6) is 0.922. The van der Waals surface area contributed by atoms with E-state index < -0.39 is 0 Å². The Morgan fingerprint density at radius 2 is 1.38 bits per heavy atom. The lowest BCUT2D eigenvalue weighted by molar-refractivity contribution is 0.0450. The van der Waals surface area contributed by atoms with Gasteiger partial charge in [-0.3, -0.25) is 4.90 Å². The highest BCUT2D eigenvalue weighted by Crippen LogP contribution is 2.42. The topological polar surface area (TPSA) is 9.72 Å². The van der Waals surface area contributed by atoms with Gasteiger partial charge in [0, 0.05) is 30.9 Å². The Morgan fingerprint density at radius 1 is 0.828 bits per heavy atom. The molecule has 4 rings (SSSR count). The molecule has 3 heterocycles. The molecule has 29 heavy (non-hydrogen) atoms. The molecule has 3 nitrogen and oxygen atoms in total. The number of aryl methyl sites for hydroxylation is 1. The summed E-state index contributed by atoms with van der Waals surface area (Å²) in [6, 6.07) is 9.12. The van der Waals surface area contributed by atoms with Gasteiger partial charge in [-0.15, -0.1) is 0 Å². The Hall–Kier alpha value is -1.06. The summed E-state index contributed by atoms with van der Waals surface area (Å²) in [5.41, 5.74) is 3.76. The minimum Gasteiger partial charge on any atom is -0.371 e. The Bertz CT molecular complexity index is 634. The van der Waals surface area contributed by atoms with E-state index in [9.17, 15) is 0 Å². The highest BCUT2D eigenvalue weighted by Gasteiger charge is 2.38. The molecule has 0 amide bonds. The first-order valence-corrected chi connectivity index (χ1v) is 12.1. The normalized spacial score (nSPS) is 24.9. The molecule has 3 saturated heterocycles. The number of hydrogen-bond acceptors (Lipinski definition) is 3. The molecule has 162 valence electrons. The van der Waals surface area contributed by atoms with E-state index >= 15 is 0 Å². The zero-order valence-electron chi connectivity index (χ0n) is 19.4. The van der Waals surface area contributed by atoms with Crippen LogP contribution >= 0.6 is 0 Å². The average molecular weight is 398 g/mol. The van der Waals surface area contributed by atoms with Gasteiger partial charge < -0.3 is 9.80 Å². The van der Waals surface area contributed by atoms with Crippen LogP contribution in [0.3, 0.4) is 0 Å². The molecule has 3 heteroatoms. The second-order valence-corrected chi connectivity index (χ2v) is 11.2. The number of hydrogen-bond donors (Lipinski definition) is 0. The molecular formula is C26H43N3. The van der Waals surface area contributed by atoms with Crippen LogP contribution in [0.1, 0.15) is 64.9 Å². The van der Waals surface area contributed by atoms with Crippen molar-refractivity contribution in [2.24, 2.45) is 11.3 Å². The van der Waals surface area contributed by atoms with Crippen molar-refractivity contribution in [1.82, 2.24) is 9.80 Å². The molecule has 0 N–H and O–H groups in total. The van der Waals surface area contributed by atoms with Crippen molar-refractivity contribution >= 4 is 5.69 Å². The van der Waals surface area contributed by atoms with Crippen molar-refractivity contribution in [3.63, 3.8) is 0 Å². The van der Waals surface area contributed by atoms with E-state index in [-0.39, 0.29) is 0 Å². The fourth-order valence-electron chi connectivity index (χ4n) is 5.86. The second kappa shape index (κ2) is 8.59. The second-order valence-electron chi connectivity index (χ2n) is 11.2. The van der Waals surface area contributed by atoms with Crippen molar-refractivity contribution in [3.05, 3.63) is 29.8 Å². The van der Waals surface area contributed by atoms with E-state index in [0.717, 1.165) is 5.92 Å². The number of nitrogens with zero attached hydrogens (tertiary/aromatic N) is 3. The lowest BCUT2D eigenvalue weighted by Crippen LogP contribution is -2.50. The maximum Gasteiger partial charge on any atom is 0.0366 e. The van der Waals surface area contributed by atoms with Crippen LogP contribution in [-0.2, 0) is 0 Å². The SMILES string of the molecule is Cc1ccc(N2CCC3(CCN(CC4CCN(C(C)(C)C)CC4)CC3)CC2)cc1. The van der Waals surface area contributed by atoms with Gasteiger partial charge in [0.25, 0.3) is 0 Å². The Morgan fingerprint density at radius 3 is 1.93 bits per heavy atom. The number of benzene rings is 1. The quantitative estimate of drug-likeness (QED) is 0.695. The fraction of sp³-hybridized carbons (Fsp3) is 0.769. The van der Waals surface area contributed by atoms with E-state index in [1.165, 1.54) is 95.6 Å². The van der Waals surface area contributed by atoms with Gasteiger partial charge in [-0.05, 0) is 116 Å². The first-order valence-electron chi connectivity index (χ1n) is 12.1. The summed E-state index contributed by atoms with van der Waals surface area (Å²) in [7, 11) is 0. The van der Waals surface area contributed by atoms with Gasteiger partial charge in [-0.2, -0.15) is 0 Å². The summed E-state index contributed by atoms with van der Waals surface area (Å²) in [6.07, 6.45) is 8.41. The van der Waals surface area contributed by atoms with E-state index in [1.807, 2.05) is 0 Å². The largest absolute Gasteiger partial charge is 0.371 e. The average Bonchev–Trinajstić information content (AvgIpc) is 2.71. The highest BCUT2D eigenvalue weighted by molar-refractivity contribution is 5.47. The maximum atomic E-state index is 2.80. The molecule has 3 aliphatic rings. The summed E-state index contributed by atoms with van der Waals surface area (Å²) < 4.78 is 0. The molecule has 3 aliphatic heterocycles. The Balaban J connectivity index is 1.21. The van der Waals surface area contributed by atoms with Crippen molar-refractivity contribution < 1.29 is 0 Å². The Kier molecular flexibility index (Phi) is 6.27. The van der Waals surface area contributed by atoms with E-state index in [2.05, 4.69) is 66.7 Å². The zero-order chi connectivity index (χ0) is 20.5. The molecule has 0 bridgehead atoms. The summed E-state index contributed by atoms with van der Waals surface area (Å²) in [4.78, 5) is 8.09. The van der Waals surface area contributed by atoms with Crippen LogP contribution in [0.2, 0.25) is 0 Å². The number of rotatable bonds is 3. The van der Waals surface area contributed by atoms with Crippen LogP contribution in [0.5, 0.6) is 0 Å². The third-order valence-electron chi connectivity index (χ3n) is 8.22. The van der Waals surface area contributed by atoms with Gasteiger partial charge in [0.1, 0.15) is 0 Å². The van der Waals surface area contributed by atoms with E-state index in [4.69, 9.17) is 0 Å². The van der Waals surface area contributed by atoms with Gasteiger partial charge in [-0.25, -0.2) is 0 Å². The predicted octanol–water partition coefficient (Wildman–Crippen LogP) is 5.19. The highest BCUT2D eigenvalue weighted by atomic mass is 15.2. The molecule has 0 aliphatic carbocycles. The third-order valence-corrected chi connectivity index (χ3v) is 8.22. The van der Waals surface area contributed by atoms with Crippen molar-refractivity contribution in [3.8, 4) is 0 Å². The third kappa shape index (κ3) is 5.17. The molecule has 0 atom stereocenters. The Labute approximate surface area is 179 Å². The van der Waals surface area contributed by atoms with Gasteiger partial charge in [0.2, 0.25) is 0 Å². The van der Waals surface area contributed by atoms with Crippen molar-refractivity contribution in [2.45, 2.75) is 71.8 Å². The summed E-state index contributed by atoms with van der Waals surface area (Å²) in [5, 5.41) is 0. The van der Waals surface area contributed by atoms with Crippen LogP contribution in [0.15, 0.2) is 24.3 Å². The molecule has 3 fully saturated rings. The summed E-state index contributed by atoms with van der Waals surface area (Å²) in [6.45, 7) is 18.4. The molecule has 0 radical (unpaired) electrons. The molecular weight excluding hydrogens is 354 g/mol. The monoisotopic (exact) mass is 397 g/mol. The maximum absolute atomic E-state index is 2.80. The number of piperidine rings is 3. The molecule has 0 saturated carbocycles. The van der Waals surface area contributed by atoms with Gasteiger partial charge >= 0.3 is 0 Å². The molecule has 0 unspecified atom stereocenters. The smallest absolute Gasteiger partial charge is 0.0366 e. The lowest BCUT2D eigenvalue weighted by Gasteiger charge is -2.48. The van der Waals surface area contributed by atoms with Crippen molar-refractivity contribution in [1.29, 1.82) is 0 Å². The van der Waals surface area contributed by atoms with Crippen molar-refractivity contribution in [2.75, 3.05) is 50.7 Å².